The second-order valence-electron chi connectivity index (χ2n) is 2.13. The summed E-state index contributed by atoms with van der Waals surface area (Å²) in [5, 5.41) is 0. The molecule has 3 heteroatoms. The molecule has 0 saturated carbocycles. The third kappa shape index (κ3) is 0.865. The van der Waals surface area contributed by atoms with Crippen molar-refractivity contribution in [3.8, 4) is 0 Å². The minimum absolute atomic E-state index is 0.804. The van der Waals surface area contributed by atoms with E-state index in [0.717, 1.165) is 22.4 Å². The molecule has 0 unspecified atom stereocenters. The van der Waals surface area contributed by atoms with Crippen LogP contribution < -0.4 is 0 Å². The Labute approximate surface area is 67.1 Å². The van der Waals surface area contributed by atoms with Gasteiger partial charge in [0.1, 0.15) is 4.60 Å². The predicted molar refractivity (Wildman–Crippen MR) is 42.5 cm³/mol. The largest absolute Gasteiger partial charge is 0.256 e. The number of halogens is 1. The molecule has 0 spiro atoms. The van der Waals surface area contributed by atoms with Crippen LogP contribution in [-0.4, -0.2) is 9.97 Å². The lowest BCUT2D eigenvalue weighted by molar-refractivity contribution is 1.05. The smallest absolute Gasteiger partial charge is 0.125 e. The first-order chi connectivity index (χ1) is 4.86. The molecule has 0 fully saturated rings. The third-order valence-corrected chi connectivity index (χ3v) is 1.82. The first-order valence-corrected chi connectivity index (χ1v) is 3.83. The molecular weight excluding hydrogens is 192 g/mol. The van der Waals surface area contributed by atoms with Crippen molar-refractivity contribution >= 4 is 22.0 Å². The summed E-state index contributed by atoms with van der Waals surface area (Å²) >= 11 is 3.26. The Morgan fingerprint density at radius 3 is 3.30 bits per heavy atom. The molecule has 1 aliphatic carbocycles. The highest BCUT2D eigenvalue weighted by atomic mass is 79.9. The van der Waals surface area contributed by atoms with Crippen molar-refractivity contribution in [2.45, 2.75) is 6.42 Å². The van der Waals surface area contributed by atoms with Crippen molar-refractivity contribution in [1.82, 2.24) is 9.97 Å². The first kappa shape index (κ1) is 6.04. The van der Waals surface area contributed by atoms with E-state index in [-0.39, 0.29) is 0 Å². The zero-order chi connectivity index (χ0) is 6.97. The van der Waals surface area contributed by atoms with E-state index in [9.17, 15) is 0 Å². The lowest BCUT2D eigenvalue weighted by Crippen LogP contribution is -1.90. The van der Waals surface area contributed by atoms with E-state index in [0.29, 0.717) is 0 Å². The van der Waals surface area contributed by atoms with Gasteiger partial charge in [-0.1, -0.05) is 6.08 Å². The van der Waals surface area contributed by atoms with E-state index in [1.165, 1.54) is 0 Å². The molecule has 2 rings (SSSR count). The summed E-state index contributed by atoms with van der Waals surface area (Å²) in [5.74, 6) is 0. The lowest BCUT2D eigenvalue weighted by Gasteiger charge is -1.94. The van der Waals surface area contributed by atoms with Gasteiger partial charge in [0, 0.05) is 6.42 Å². The van der Waals surface area contributed by atoms with Gasteiger partial charge in [0.2, 0.25) is 0 Å². The molecule has 0 amide bonds. The molecule has 0 radical (unpaired) electrons. The van der Waals surface area contributed by atoms with Crippen LogP contribution in [0, 0.1) is 0 Å². The van der Waals surface area contributed by atoms with Crippen molar-refractivity contribution in [1.29, 1.82) is 0 Å². The van der Waals surface area contributed by atoms with Gasteiger partial charge in [0.05, 0.1) is 17.6 Å². The van der Waals surface area contributed by atoms with Gasteiger partial charge in [-0.2, -0.15) is 0 Å². The minimum Gasteiger partial charge on any atom is -0.256 e. The Morgan fingerprint density at radius 1 is 1.50 bits per heavy atom. The fourth-order valence-electron chi connectivity index (χ4n) is 0.979. The molecule has 1 aromatic rings. The van der Waals surface area contributed by atoms with Crippen LogP contribution in [0.25, 0.3) is 6.08 Å². The summed E-state index contributed by atoms with van der Waals surface area (Å²) in [6.45, 7) is 0. The molecule has 10 heavy (non-hydrogen) atoms. The van der Waals surface area contributed by atoms with Crippen LogP contribution in [0.4, 0.5) is 0 Å². The van der Waals surface area contributed by atoms with E-state index >= 15 is 0 Å². The van der Waals surface area contributed by atoms with Crippen molar-refractivity contribution in [2.24, 2.45) is 0 Å². The van der Waals surface area contributed by atoms with Crippen LogP contribution >= 0.6 is 15.9 Å². The van der Waals surface area contributed by atoms with Gasteiger partial charge in [-0.15, -0.1) is 0 Å². The summed E-state index contributed by atoms with van der Waals surface area (Å²) < 4.78 is 0.804. The summed E-state index contributed by atoms with van der Waals surface area (Å²) in [6.07, 6.45) is 6.71. The number of allylic oxidation sites excluding steroid dienone is 1. The molecule has 0 atom stereocenters. The third-order valence-electron chi connectivity index (χ3n) is 1.44. The second-order valence-corrected chi connectivity index (χ2v) is 2.94. The highest BCUT2D eigenvalue weighted by Crippen LogP contribution is 2.16. The Hall–Kier alpha value is -0.700. The maximum atomic E-state index is 4.22. The van der Waals surface area contributed by atoms with E-state index in [4.69, 9.17) is 0 Å². The fourth-order valence-corrected chi connectivity index (χ4v) is 1.27. The molecule has 0 bridgehead atoms. The van der Waals surface area contributed by atoms with Crippen molar-refractivity contribution in [3.63, 3.8) is 0 Å². The molecule has 1 aromatic heterocycles. The van der Waals surface area contributed by atoms with E-state index in [1.807, 2.05) is 6.08 Å². The first-order valence-electron chi connectivity index (χ1n) is 3.04. The van der Waals surface area contributed by atoms with Gasteiger partial charge in [0.15, 0.2) is 0 Å². The zero-order valence-electron chi connectivity index (χ0n) is 5.21. The van der Waals surface area contributed by atoms with Gasteiger partial charge in [0.25, 0.3) is 0 Å². The van der Waals surface area contributed by atoms with E-state index < -0.39 is 0 Å². The summed E-state index contributed by atoms with van der Waals surface area (Å²) in [4.78, 5) is 8.41. The molecule has 0 aliphatic heterocycles. The monoisotopic (exact) mass is 196 g/mol. The lowest BCUT2D eigenvalue weighted by atomic mass is 10.3. The number of nitrogens with zero attached hydrogens (tertiary/aromatic N) is 2. The average molecular weight is 197 g/mol. The topological polar surface area (TPSA) is 25.8 Å². The van der Waals surface area contributed by atoms with Crippen LogP contribution in [0.2, 0.25) is 0 Å². The van der Waals surface area contributed by atoms with Gasteiger partial charge < -0.3 is 0 Å². The fraction of sp³-hybridized carbons (Fsp3) is 0.143. The Bertz CT molecular complexity index is 294. The SMILES string of the molecule is Brc1cnc2c(n1)C=CC2. The van der Waals surface area contributed by atoms with Crippen molar-refractivity contribution in [3.05, 3.63) is 28.3 Å². The summed E-state index contributed by atoms with van der Waals surface area (Å²) in [5.41, 5.74) is 2.07. The Kier molecular flexibility index (Phi) is 1.31. The number of hydrogen-bond donors (Lipinski definition) is 0. The quantitative estimate of drug-likeness (QED) is 0.633. The Morgan fingerprint density at radius 2 is 2.40 bits per heavy atom. The molecule has 0 saturated heterocycles. The number of aromatic nitrogens is 2. The highest BCUT2D eigenvalue weighted by Gasteiger charge is 2.06. The predicted octanol–water partition coefficient (Wildman–Crippen LogP) is 1.81. The van der Waals surface area contributed by atoms with Crippen LogP contribution in [0.1, 0.15) is 11.4 Å². The molecular formula is C7H5BrN2. The van der Waals surface area contributed by atoms with Gasteiger partial charge in [-0.25, -0.2) is 4.98 Å². The number of hydrogen-bond acceptors (Lipinski definition) is 2. The maximum Gasteiger partial charge on any atom is 0.125 e. The standard InChI is InChI=1S/C7H5BrN2/c8-7-4-9-5-2-1-3-6(5)10-7/h1,3-4H,2H2. The van der Waals surface area contributed by atoms with E-state index in [1.54, 1.807) is 6.20 Å². The molecule has 0 N–H and O–H groups in total. The molecule has 0 aromatic carbocycles. The second kappa shape index (κ2) is 2.16. The van der Waals surface area contributed by atoms with Gasteiger partial charge >= 0.3 is 0 Å². The van der Waals surface area contributed by atoms with Crippen molar-refractivity contribution < 1.29 is 0 Å². The van der Waals surface area contributed by atoms with Crippen LogP contribution in [0.5, 0.6) is 0 Å². The molecule has 50 valence electrons. The molecule has 1 aliphatic rings. The Balaban J connectivity index is 2.60. The maximum absolute atomic E-state index is 4.22. The zero-order valence-corrected chi connectivity index (χ0v) is 6.80. The van der Waals surface area contributed by atoms with Gasteiger partial charge in [-0.05, 0) is 22.0 Å². The number of rotatable bonds is 0. The van der Waals surface area contributed by atoms with Crippen LogP contribution in [-0.2, 0) is 6.42 Å². The molecule has 1 heterocycles. The number of fused-ring (bicyclic) bond motifs is 1. The van der Waals surface area contributed by atoms with E-state index in [2.05, 4.69) is 32.0 Å². The normalized spacial score (nSPS) is 13.7. The average Bonchev–Trinajstić information content (AvgIpc) is 2.33. The minimum atomic E-state index is 0.804. The van der Waals surface area contributed by atoms with Crippen LogP contribution in [0.3, 0.4) is 0 Å². The summed E-state index contributed by atoms with van der Waals surface area (Å²) in [6, 6.07) is 0. The van der Waals surface area contributed by atoms with Gasteiger partial charge in [-0.3, -0.25) is 4.98 Å². The van der Waals surface area contributed by atoms with Crippen molar-refractivity contribution in [2.75, 3.05) is 0 Å². The highest BCUT2D eigenvalue weighted by molar-refractivity contribution is 9.10. The summed E-state index contributed by atoms with van der Waals surface area (Å²) in [7, 11) is 0. The van der Waals surface area contributed by atoms with Crippen LogP contribution in [0.15, 0.2) is 16.9 Å². The molecule has 2 nitrogen and oxygen atoms in total.